The third-order valence-corrected chi connectivity index (χ3v) is 2.24. The maximum absolute atomic E-state index is 11.3. The number of amides is 1. The molecule has 0 bridgehead atoms. The van der Waals surface area contributed by atoms with E-state index < -0.39 is 0 Å². The smallest absolute Gasteiger partial charge is 0.224 e. The van der Waals surface area contributed by atoms with Gasteiger partial charge >= 0.3 is 0 Å². The second kappa shape index (κ2) is 5.03. The summed E-state index contributed by atoms with van der Waals surface area (Å²) in [4.78, 5) is 11.3. The lowest BCUT2D eigenvalue weighted by Gasteiger charge is -2.10. The summed E-state index contributed by atoms with van der Waals surface area (Å²) < 4.78 is 0. The van der Waals surface area contributed by atoms with Crippen LogP contribution in [0, 0.1) is 6.92 Å². The summed E-state index contributed by atoms with van der Waals surface area (Å²) in [6.07, 6.45) is 1.22. The summed E-state index contributed by atoms with van der Waals surface area (Å²) in [5, 5.41) is 12.7. The van der Waals surface area contributed by atoms with Gasteiger partial charge in [-0.05, 0) is 25.0 Å². The molecule has 0 aliphatic heterocycles. The van der Waals surface area contributed by atoms with E-state index in [0.29, 0.717) is 17.1 Å². The van der Waals surface area contributed by atoms with Gasteiger partial charge in [-0.2, -0.15) is 0 Å². The van der Waals surface area contributed by atoms with Gasteiger partial charge in [0.15, 0.2) is 0 Å². The molecule has 0 saturated heterocycles. The van der Waals surface area contributed by atoms with Gasteiger partial charge in [-0.25, -0.2) is 0 Å². The fourth-order valence-corrected chi connectivity index (χ4v) is 1.58. The van der Waals surface area contributed by atoms with Crippen LogP contribution in [0.25, 0.3) is 0 Å². The van der Waals surface area contributed by atoms with E-state index in [4.69, 9.17) is 11.6 Å². The monoisotopic (exact) mass is 227 g/mol. The molecule has 0 aliphatic carbocycles. The molecular formula is C11H14ClNO2. The number of aromatic hydroxyl groups is 1. The summed E-state index contributed by atoms with van der Waals surface area (Å²) in [7, 11) is 0. The van der Waals surface area contributed by atoms with Gasteiger partial charge in [-0.15, -0.1) is 0 Å². The number of nitrogens with one attached hydrogen (secondary N) is 1. The molecule has 0 heterocycles. The second-order valence-electron chi connectivity index (χ2n) is 3.41. The molecule has 1 aromatic rings. The lowest BCUT2D eigenvalue weighted by atomic mass is 10.1. The van der Waals surface area contributed by atoms with Gasteiger partial charge in [0.2, 0.25) is 5.91 Å². The maximum Gasteiger partial charge on any atom is 0.224 e. The van der Waals surface area contributed by atoms with Crippen LogP contribution in [0.15, 0.2) is 12.1 Å². The summed E-state index contributed by atoms with van der Waals surface area (Å²) in [6, 6.07) is 3.11. The van der Waals surface area contributed by atoms with Crippen molar-refractivity contribution in [1.82, 2.24) is 0 Å². The minimum atomic E-state index is -0.0989. The molecule has 0 aromatic heterocycles. The average Bonchev–Trinajstić information content (AvgIpc) is 2.11. The quantitative estimate of drug-likeness (QED) is 0.780. The van der Waals surface area contributed by atoms with E-state index in [-0.39, 0.29) is 11.7 Å². The number of benzene rings is 1. The zero-order chi connectivity index (χ0) is 11.4. The van der Waals surface area contributed by atoms with Gasteiger partial charge < -0.3 is 10.4 Å². The normalized spacial score (nSPS) is 10.1. The largest absolute Gasteiger partial charge is 0.506 e. The summed E-state index contributed by atoms with van der Waals surface area (Å²) in [5.41, 5.74) is 1.20. The van der Waals surface area contributed by atoms with Crippen LogP contribution in [0.5, 0.6) is 5.75 Å². The fraction of sp³-hybridized carbons (Fsp3) is 0.364. The third-order valence-electron chi connectivity index (χ3n) is 2.02. The molecule has 1 rings (SSSR count). The first-order chi connectivity index (χ1) is 7.04. The van der Waals surface area contributed by atoms with Crippen molar-refractivity contribution in [1.29, 1.82) is 0 Å². The van der Waals surface area contributed by atoms with Gasteiger partial charge in [0.1, 0.15) is 5.75 Å². The summed E-state index contributed by atoms with van der Waals surface area (Å²) in [6.45, 7) is 3.71. The zero-order valence-electron chi connectivity index (χ0n) is 8.80. The van der Waals surface area contributed by atoms with Crippen molar-refractivity contribution in [2.24, 2.45) is 0 Å². The number of carbonyl (C=O) groups excluding carboxylic acids is 1. The Morgan fingerprint density at radius 3 is 2.73 bits per heavy atom. The van der Waals surface area contributed by atoms with E-state index >= 15 is 0 Å². The predicted octanol–water partition coefficient (Wildman–Crippen LogP) is 3.09. The van der Waals surface area contributed by atoms with E-state index in [1.54, 1.807) is 13.0 Å². The van der Waals surface area contributed by atoms with Crippen LogP contribution in [0.1, 0.15) is 25.3 Å². The fourth-order valence-electron chi connectivity index (χ4n) is 1.32. The third kappa shape index (κ3) is 3.13. The van der Waals surface area contributed by atoms with Crippen molar-refractivity contribution in [2.45, 2.75) is 26.7 Å². The van der Waals surface area contributed by atoms with Crippen molar-refractivity contribution in [2.75, 3.05) is 5.32 Å². The molecule has 0 fully saturated rings. The number of hydrogen-bond donors (Lipinski definition) is 2. The van der Waals surface area contributed by atoms with Crippen LogP contribution in [-0.2, 0) is 4.79 Å². The highest BCUT2D eigenvalue weighted by atomic mass is 35.5. The number of rotatable bonds is 3. The van der Waals surface area contributed by atoms with Crippen LogP contribution in [0.4, 0.5) is 5.69 Å². The van der Waals surface area contributed by atoms with E-state index in [0.717, 1.165) is 12.0 Å². The van der Waals surface area contributed by atoms with Crippen LogP contribution < -0.4 is 5.32 Å². The molecule has 0 saturated carbocycles. The first kappa shape index (κ1) is 11.9. The average molecular weight is 228 g/mol. The minimum Gasteiger partial charge on any atom is -0.506 e. The number of halogens is 1. The van der Waals surface area contributed by atoms with Crippen molar-refractivity contribution >= 4 is 23.2 Å². The minimum absolute atomic E-state index is 0.00412. The van der Waals surface area contributed by atoms with Crippen LogP contribution in [0.3, 0.4) is 0 Å². The highest BCUT2D eigenvalue weighted by Crippen LogP contribution is 2.30. The van der Waals surface area contributed by atoms with Gasteiger partial charge in [0.25, 0.3) is 0 Å². The molecule has 15 heavy (non-hydrogen) atoms. The maximum atomic E-state index is 11.3. The highest BCUT2D eigenvalue weighted by molar-refractivity contribution is 6.31. The Morgan fingerprint density at radius 1 is 1.53 bits per heavy atom. The molecule has 1 aromatic carbocycles. The second-order valence-corrected chi connectivity index (χ2v) is 3.85. The Morgan fingerprint density at radius 2 is 2.20 bits per heavy atom. The number of phenolic OH excluding ortho intramolecular Hbond substituents is 1. The number of carbonyl (C=O) groups is 1. The Hall–Kier alpha value is -1.22. The Labute approximate surface area is 94.1 Å². The van der Waals surface area contributed by atoms with E-state index in [1.165, 1.54) is 6.07 Å². The number of aryl methyl sites for hydroxylation is 1. The number of hydrogen-bond acceptors (Lipinski definition) is 2. The molecule has 2 N–H and O–H groups in total. The highest BCUT2D eigenvalue weighted by Gasteiger charge is 2.09. The molecule has 1 amide bonds. The van der Waals surface area contributed by atoms with Gasteiger partial charge in [-0.3, -0.25) is 4.79 Å². The summed E-state index contributed by atoms with van der Waals surface area (Å²) >= 11 is 5.75. The standard InChI is InChI=1S/C11H14ClNO2/c1-3-4-10(15)13-11-7(2)5-8(12)6-9(11)14/h5-6,14H,3-4H2,1-2H3,(H,13,15). The van der Waals surface area contributed by atoms with E-state index in [1.807, 2.05) is 6.92 Å². The molecule has 4 heteroatoms. The first-order valence-corrected chi connectivity index (χ1v) is 5.21. The SMILES string of the molecule is CCCC(=O)Nc1c(C)cc(Cl)cc1O. The predicted molar refractivity (Wildman–Crippen MR) is 61.4 cm³/mol. The van der Waals surface area contributed by atoms with Gasteiger partial charge in [0.05, 0.1) is 5.69 Å². The lowest BCUT2D eigenvalue weighted by molar-refractivity contribution is -0.116. The van der Waals surface area contributed by atoms with Crippen molar-refractivity contribution in [3.63, 3.8) is 0 Å². The summed E-state index contributed by atoms with van der Waals surface area (Å²) in [5.74, 6) is -0.0947. The zero-order valence-corrected chi connectivity index (χ0v) is 9.56. The molecule has 82 valence electrons. The van der Waals surface area contributed by atoms with E-state index in [2.05, 4.69) is 5.32 Å². The van der Waals surface area contributed by atoms with Crippen molar-refractivity contribution < 1.29 is 9.90 Å². The van der Waals surface area contributed by atoms with Gasteiger partial charge in [0, 0.05) is 17.5 Å². The molecule has 3 nitrogen and oxygen atoms in total. The number of anilines is 1. The lowest BCUT2D eigenvalue weighted by Crippen LogP contribution is -2.11. The molecule has 0 aliphatic rings. The number of phenols is 1. The molecule has 0 unspecified atom stereocenters. The molecular weight excluding hydrogens is 214 g/mol. The molecule has 0 radical (unpaired) electrons. The first-order valence-electron chi connectivity index (χ1n) is 4.83. The van der Waals surface area contributed by atoms with Crippen molar-refractivity contribution in [3.8, 4) is 5.75 Å². The van der Waals surface area contributed by atoms with Gasteiger partial charge in [-0.1, -0.05) is 18.5 Å². The Kier molecular flexibility index (Phi) is 3.97. The van der Waals surface area contributed by atoms with Crippen LogP contribution in [-0.4, -0.2) is 11.0 Å². The Balaban J connectivity index is 2.90. The Bertz CT molecular complexity index is 354. The molecule has 0 spiro atoms. The van der Waals surface area contributed by atoms with Crippen LogP contribution >= 0.6 is 11.6 Å². The molecule has 0 atom stereocenters. The topological polar surface area (TPSA) is 49.3 Å². The van der Waals surface area contributed by atoms with Crippen LogP contribution in [0.2, 0.25) is 5.02 Å². The van der Waals surface area contributed by atoms with Crippen molar-refractivity contribution in [3.05, 3.63) is 22.7 Å². The van der Waals surface area contributed by atoms with E-state index in [9.17, 15) is 9.90 Å².